The molecule has 5 nitrogen and oxygen atoms in total. The fraction of sp³-hybridized carbons (Fsp3) is 0. The molecule has 10 aromatic carbocycles. The summed E-state index contributed by atoms with van der Waals surface area (Å²) in [5.74, 6) is 0. The van der Waals surface area contributed by atoms with E-state index in [4.69, 9.17) is 0 Å². The minimum atomic E-state index is 1.05. The third-order valence-corrected chi connectivity index (χ3v) is 15.2. The lowest BCUT2D eigenvalue weighted by Crippen LogP contribution is -2.12. The second-order valence-electron chi connectivity index (χ2n) is 18.2. The van der Waals surface area contributed by atoms with Gasteiger partial charge >= 0.3 is 0 Å². The van der Waals surface area contributed by atoms with Gasteiger partial charge in [-0.15, -0.1) is 11.3 Å². The molecule has 5 heterocycles. The normalized spacial score (nSPS) is 12.0. The molecule has 0 aliphatic rings. The van der Waals surface area contributed by atoms with Crippen molar-refractivity contribution >= 4 is 115 Å². The number of para-hydroxylation sites is 8. The summed E-state index contributed by atoms with van der Waals surface area (Å²) in [5.41, 5.74) is 15.7. The molecule has 0 unspecified atom stereocenters. The largest absolute Gasteiger partial charge is 0.309 e. The topological polar surface area (TPSA) is 23.0 Å². The maximum absolute atomic E-state index is 2.48. The van der Waals surface area contributed by atoms with Crippen molar-refractivity contribution in [1.82, 2.24) is 18.3 Å². The van der Waals surface area contributed by atoms with Crippen LogP contribution in [0.2, 0.25) is 0 Å². The molecule has 15 rings (SSSR count). The van der Waals surface area contributed by atoms with Gasteiger partial charge in [-0.3, -0.25) is 0 Å². The summed E-state index contributed by atoms with van der Waals surface area (Å²) < 4.78 is 9.82. The third-order valence-electron chi connectivity index (χ3n) is 14.4. The Hall–Kier alpha value is -9.10. The van der Waals surface area contributed by atoms with Crippen LogP contribution in [0, 0.1) is 0 Å². The van der Waals surface area contributed by atoms with E-state index in [9.17, 15) is 0 Å². The maximum atomic E-state index is 2.48. The van der Waals surface area contributed by atoms with E-state index in [1.165, 1.54) is 87.2 Å². The fourth-order valence-corrected chi connectivity index (χ4v) is 12.3. The zero-order valence-corrected chi connectivity index (χ0v) is 38.6. The Bertz CT molecular complexity index is 3810. The Morgan fingerprint density at radius 1 is 0.243 bits per heavy atom. The highest BCUT2D eigenvalue weighted by molar-refractivity contribution is 7.14. The fourth-order valence-electron chi connectivity index (χ4n) is 11.5. The van der Waals surface area contributed by atoms with Gasteiger partial charge in [-0.1, -0.05) is 146 Å². The SMILES string of the molecule is c1csc(N(c2cc(-n3c4ccccc4c4ccccc43)cc(-n3c4ccccc4c4ccccc43)c2)c2cc(-n3c4ccccc4c4ccccc43)cc(-n3c4ccccc4c4ccccc43)c2)c1. The predicted molar refractivity (Wildman–Crippen MR) is 296 cm³/mol. The molecule has 0 amide bonds. The molecule has 0 aliphatic carbocycles. The summed E-state index contributed by atoms with van der Waals surface area (Å²) in [6, 6.07) is 89.3. The quantitative estimate of drug-likeness (QED) is 0.156. The van der Waals surface area contributed by atoms with Crippen molar-refractivity contribution in [2.45, 2.75) is 0 Å². The van der Waals surface area contributed by atoms with Crippen LogP contribution in [0.1, 0.15) is 0 Å². The van der Waals surface area contributed by atoms with Crippen molar-refractivity contribution in [3.8, 4) is 22.7 Å². The molecule has 0 saturated heterocycles. The van der Waals surface area contributed by atoms with E-state index in [0.29, 0.717) is 0 Å². The molecule has 6 heteroatoms. The van der Waals surface area contributed by atoms with Crippen LogP contribution >= 0.6 is 11.3 Å². The molecular formula is C64H41N5S. The van der Waals surface area contributed by atoms with Crippen LogP contribution < -0.4 is 4.90 Å². The van der Waals surface area contributed by atoms with Crippen molar-refractivity contribution in [2.75, 3.05) is 4.90 Å². The predicted octanol–water partition coefficient (Wildman–Crippen LogP) is 17.6. The number of rotatable bonds is 7. The van der Waals surface area contributed by atoms with Gasteiger partial charge in [-0.2, -0.15) is 0 Å². The summed E-state index contributed by atoms with van der Waals surface area (Å²) in [6.45, 7) is 0. The number of benzene rings is 10. The van der Waals surface area contributed by atoms with Crippen LogP contribution in [0.25, 0.3) is 110 Å². The molecular weight excluding hydrogens is 871 g/mol. The van der Waals surface area contributed by atoms with Gasteiger partial charge in [0.2, 0.25) is 0 Å². The highest BCUT2D eigenvalue weighted by Gasteiger charge is 2.24. The summed E-state index contributed by atoms with van der Waals surface area (Å²) in [4.78, 5) is 2.48. The van der Waals surface area contributed by atoms with Gasteiger partial charge in [0, 0.05) is 43.1 Å². The van der Waals surface area contributed by atoms with Crippen molar-refractivity contribution in [2.24, 2.45) is 0 Å². The second kappa shape index (κ2) is 15.2. The van der Waals surface area contributed by atoms with Crippen LogP contribution in [-0.4, -0.2) is 18.3 Å². The Labute approximate surface area is 406 Å². The molecule has 328 valence electrons. The number of aromatic nitrogens is 4. The van der Waals surface area contributed by atoms with Crippen LogP contribution in [0.15, 0.2) is 248 Å². The lowest BCUT2D eigenvalue weighted by atomic mass is 10.1. The standard InChI is InChI=1S/C64H41N5S/c1-9-26-56-48(18-1)49-19-2-10-27-57(49)66(56)44-36-42(37-45(40-44)67-58-28-11-3-20-50(58)51-21-4-12-29-59(51)67)65(64-34-17-35-70-64)43-38-46(68-60-30-13-5-22-52(60)53-23-6-14-31-61(53)68)41-47(39-43)69-62-32-15-7-24-54(62)55-25-8-16-33-63(55)69/h1-41H. The smallest absolute Gasteiger partial charge is 0.0999 e. The molecule has 0 radical (unpaired) electrons. The lowest BCUT2D eigenvalue weighted by molar-refractivity contribution is 1.11. The Kier molecular flexibility index (Phi) is 8.46. The van der Waals surface area contributed by atoms with E-state index >= 15 is 0 Å². The number of nitrogens with zero attached hydrogens (tertiary/aromatic N) is 5. The van der Waals surface area contributed by atoms with Gasteiger partial charge in [-0.25, -0.2) is 0 Å². The number of thiophene rings is 1. The van der Waals surface area contributed by atoms with Crippen molar-refractivity contribution < 1.29 is 0 Å². The Balaban J connectivity index is 1.07. The van der Waals surface area contributed by atoms with Gasteiger partial charge in [0.15, 0.2) is 0 Å². The van der Waals surface area contributed by atoms with E-state index < -0.39 is 0 Å². The molecule has 0 N–H and O–H groups in total. The number of hydrogen-bond acceptors (Lipinski definition) is 2. The Morgan fingerprint density at radius 2 is 0.471 bits per heavy atom. The first-order valence-corrected chi connectivity index (χ1v) is 24.7. The minimum Gasteiger partial charge on any atom is -0.309 e. The first kappa shape index (κ1) is 38.9. The monoisotopic (exact) mass is 911 g/mol. The van der Waals surface area contributed by atoms with E-state index in [1.807, 2.05) is 0 Å². The van der Waals surface area contributed by atoms with Crippen LogP contribution in [0.4, 0.5) is 16.4 Å². The summed E-state index contributed by atoms with van der Waals surface area (Å²) in [5, 5.41) is 13.1. The highest BCUT2D eigenvalue weighted by atomic mass is 32.1. The third kappa shape index (κ3) is 5.71. The molecule has 0 fully saturated rings. The molecule has 70 heavy (non-hydrogen) atoms. The van der Waals surface area contributed by atoms with Crippen LogP contribution in [-0.2, 0) is 0 Å². The Morgan fingerprint density at radius 3 is 0.686 bits per heavy atom. The molecule has 0 saturated carbocycles. The van der Waals surface area contributed by atoms with E-state index in [1.54, 1.807) is 11.3 Å². The molecule has 15 aromatic rings. The lowest BCUT2D eigenvalue weighted by Gasteiger charge is -2.27. The van der Waals surface area contributed by atoms with E-state index in [-0.39, 0.29) is 0 Å². The van der Waals surface area contributed by atoms with Crippen molar-refractivity contribution in [3.05, 3.63) is 248 Å². The number of hydrogen-bond donors (Lipinski definition) is 0. The highest BCUT2D eigenvalue weighted by Crippen LogP contribution is 2.45. The van der Waals surface area contributed by atoms with Gasteiger partial charge in [0.1, 0.15) is 0 Å². The summed E-state index contributed by atoms with van der Waals surface area (Å²) in [6.07, 6.45) is 0. The summed E-state index contributed by atoms with van der Waals surface area (Å²) in [7, 11) is 0. The molecule has 0 spiro atoms. The number of fused-ring (bicyclic) bond motifs is 12. The molecule has 0 atom stereocenters. The van der Waals surface area contributed by atoms with Gasteiger partial charge < -0.3 is 23.2 Å². The maximum Gasteiger partial charge on any atom is 0.0999 e. The van der Waals surface area contributed by atoms with Crippen LogP contribution in [0.3, 0.4) is 0 Å². The van der Waals surface area contributed by atoms with E-state index in [0.717, 1.165) is 39.1 Å². The van der Waals surface area contributed by atoms with Crippen molar-refractivity contribution in [3.63, 3.8) is 0 Å². The molecule has 0 aliphatic heterocycles. The van der Waals surface area contributed by atoms with Gasteiger partial charge in [0.05, 0.1) is 83.3 Å². The number of anilines is 3. The minimum absolute atomic E-state index is 1.05. The summed E-state index contributed by atoms with van der Waals surface area (Å²) >= 11 is 1.75. The zero-order chi connectivity index (χ0) is 45.9. The molecule has 0 bridgehead atoms. The van der Waals surface area contributed by atoms with Gasteiger partial charge in [-0.05, 0) is 102 Å². The van der Waals surface area contributed by atoms with Crippen LogP contribution in [0.5, 0.6) is 0 Å². The molecule has 5 aromatic heterocycles. The average Bonchev–Trinajstić information content (AvgIpc) is 4.26. The van der Waals surface area contributed by atoms with E-state index in [2.05, 4.69) is 271 Å². The van der Waals surface area contributed by atoms with Gasteiger partial charge in [0.25, 0.3) is 0 Å². The average molecular weight is 912 g/mol. The first-order valence-electron chi connectivity index (χ1n) is 23.8. The zero-order valence-electron chi connectivity index (χ0n) is 37.8. The first-order chi connectivity index (χ1) is 34.7. The van der Waals surface area contributed by atoms with Crippen molar-refractivity contribution in [1.29, 1.82) is 0 Å². The second-order valence-corrected chi connectivity index (χ2v) is 19.1.